The van der Waals surface area contributed by atoms with Gasteiger partial charge in [0.25, 0.3) is 0 Å². The van der Waals surface area contributed by atoms with Crippen molar-refractivity contribution in [3.8, 4) is 0 Å². The second-order valence-corrected chi connectivity index (χ2v) is 15.6. The number of rotatable bonds is 7. The molecule has 3 N–H and O–H groups in total. The van der Waals surface area contributed by atoms with Crippen LogP contribution in [0.15, 0.2) is 12.2 Å². The number of carbonyl (C=O) groups excluding carboxylic acids is 3. The Labute approximate surface area is 310 Å². The number of hydrogen-bond donors (Lipinski definition) is 3. The molecule has 5 rings (SSSR count). The van der Waals surface area contributed by atoms with E-state index in [4.69, 9.17) is 47.4 Å². The van der Waals surface area contributed by atoms with E-state index in [1.165, 1.54) is 27.2 Å². The fraction of sp³-hybridized carbons (Fsp3) is 0.865. The van der Waals surface area contributed by atoms with Crippen molar-refractivity contribution >= 4 is 17.9 Å². The predicted octanol–water partition coefficient (Wildman–Crippen LogP) is 1.96. The maximum absolute atomic E-state index is 13.5. The summed E-state index contributed by atoms with van der Waals surface area (Å²) in [7, 11) is 2.94. The Hall–Kier alpha value is -2.25. The minimum absolute atomic E-state index is 0.00275. The van der Waals surface area contributed by atoms with Gasteiger partial charge in [-0.15, -0.1) is 0 Å². The summed E-state index contributed by atoms with van der Waals surface area (Å²) in [5.41, 5.74) is -3.14. The van der Waals surface area contributed by atoms with Crippen molar-refractivity contribution in [3.05, 3.63) is 12.2 Å². The van der Waals surface area contributed by atoms with E-state index >= 15 is 0 Å². The molecule has 0 radical (unpaired) electrons. The van der Waals surface area contributed by atoms with Crippen LogP contribution in [-0.4, -0.2) is 145 Å². The van der Waals surface area contributed by atoms with Gasteiger partial charge in [-0.1, -0.05) is 19.9 Å². The number of methoxy groups -OCH3 is 2. The Bertz CT molecular complexity index is 1320. The zero-order chi connectivity index (χ0) is 39.0. The highest BCUT2D eigenvalue weighted by atomic mass is 16.8. The van der Waals surface area contributed by atoms with Gasteiger partial charge in [0, 0.05) is 45.0 Å². The molecule has 16 nitrogen and oxygen atoms in total. The third-order valence-electron chi connectivity index (χ3n) is 11.6. The second kappa shape index (κ2) is 16.9. The maximum atomic E-state index is 13.5. The lowest BCUT2D eigenvalue weighted by molar-refractivity contribution is -0.309. The van der Waals surface area contributed by atoms with Crippen molar-refractivity contribution in [2.75, 3.05) is 20.8 Å². The first kappa shape index (κ1) is 41.9. The quantitative estimate of drug-likeness (QED) is 0.251. The van der Waals surface area contributed by atoms with Gasteiger partial charge in [-0.2, -0.15) is 0 Å². The highest BCUT2D eigenvalue weighted by molar-refractivity contribution is 5.86. The molecule has 5 heterocycles. The molecular formula is C37H58O16. The summed E-state index contributed by atoms with van der Waals surface area (Å²) < 4.78 is 58.3. The number of ketones is 1. The van der Waals surface area contributed by atoms with Crippen LogP contribution in [-0.2, 0) is 57.0 Å². The Morgan fingerprint density at radius 3 is 2.21 bits per heavy atom. The number of aliphatic hydroxyl groups excluding tert-OH is 2. The van der Waals surface area contributed by atoms with E-state index in [0.717, 1.165) is 0 Å². The first-order chi connectivity index (χ1) is 24.9. The average Bonchev–Trinajstić information content (AvgIpc) is 3.79. The number of fused-ring (bicyclic) bond motifs is 1. The van der Waals surface area contributed by atoms with Crippen LogP contribution in [0, 0.1) is 17.8 Å². The number of cyclic esters (lactones) is 2. The summed E-state index contributed by atoms with van der Waals surface area (Å²) in [6.07, 6.45) is -7.59. The molecular weight excluding hydrogens is 700 g/mol. The summed E-state index contributed by atoms with van der Waals surface area (Å²) >= 11 is 0. The van der Waals surface area contributed by atoms with Crippen LogP contribution < -0.4 is 0 Å². The Morgan fingerprint density at radius 2 is 1.57 bits per heavy atom. The largest absolute Gasteiger partial charge is 0.509 e. The number of carbonyl (C=O) groups is 3. The minimum atomic E-state index is -1.74. The van der Waals surface area contributed by atoms with E-state index in [-0.39, 0.29) is 37.8 Å². The molecule has 0 amide bonds. The van der Waals surface area contributed by atoms with Crippen LogP contribution in [0.1, 0.15) is 74.1 Å². The first-order valence-electron chi connectivity index (χ1n) is 18.6. The summed E-state index contributed by atoms with van der Waals surface area (Å²) in [6.45, 7) is 11.9. The van der Waals surface area contributed by atoms with E-state index in [1.807, 2.05) is 0 Å². The van der Waals surface area contributed by atoms with Crippen molar-refractivity contribution in [3.63, 3.8) is 0 Å². The van der Waals surface area contributed by atoms with Gasteiger partial charge in [-0.3, -0.25) is 4.79 Å². The fourth-order valence-electron chi connectivity index (χ4n) is 8.36. The topological polar surface area (TPSA) is 207 Å². The normalized spacial score (nSPS) is 48.5. The van der Waals surface area contributed by atoms with Crippen molar-refractivity contribution in [1.29, 1.82) is 0 Å². The molecule has 302 valence electrons. The van der Waals surface area contributed by atoms with Gasteiger partial charge in [-0.05, 0) is 53.4 Å². The number of hydrogen-bond acceptors (Lipinski definition) is 16. The predicted molar refractivity (Wildman–Crippen MR) is 182 cm³/mol. The maximum Gasteiger partial charge on any atom is 0.509 e. The Kier molecular flexibility index (Phi) is 13.3. The van der Waals surface area contributed by atoms with Crippen LogP contribution in [0.2, 0.25) is 0 Å². The molecule has 53 heavy (non-hydrogen) atoms. The van der Waals surface area contributed by atoms with Gasteiger partial charge in [0.2, 0.25) is 0 Å². The number of epoxide rings is 1. The molecule has 0 bridgehead atoms. The molecule has 4 fully saturated rings. The van der Waals surface area contributed by atoms with Gasteiger partial charge < -0.3 is 62.7 Å². The molecule has 0 aromatic heterocycles. The van der Waals surface area contributed by atoms with Gasteiger partial charge >= 0.3 is 12.1 Å². The molecule has 0 aromatic carbocycles. The highest BCUT2D eigenvalue weighted by Crippen LogP contribution is 2.43. The number of esters is 1. The lowest BCUT2D eigenvalue weighted by Crippen LogP contribution is -2.62. The van der Waals surface area contributed by atoms with Crippen LogP contribution in [0.5, 0.6) is 0 Å². The number of aliphatic hydroxyl groups is 3. The zero-order valence-electron chi connectivity index (χ0n) is 32.1. The SMILES string of the molecule is CO[C@@H]1[C@H](O)[C@@H](C)O[C@@H](OCC2[C@@H](C)OC(=O)C=C[C@H](C)C(O[C@@H]3O[C@H](C)C[C@@]4(OC(=O)O[C@H]4C)[C@H]3O)[C@@H](C)C[C@](C)(O)C(=O)CC[C@@H]3O[C@@H]23)[C@@H]1OC. The first-order valence-corrected chi connectivity index (χ1v) is 18.6. The van der Waals surface area contributed by atoms with Gasteiger partial charge in [0.15, 0.2) is 24.0 Å². The second-order valence-electron chi connectivity index (χ2n) is 15.6. The van der Waals surface area contributed by atoms with Crippen LogP contribution in [0.3, 0.4) is 0 Å². The molecule has 16 heteroatoms. The molecule has 0 aliphatic carbocycles. The summed E-state index contributed by atoms with van der Waals surface area (Å²) in [5, 5.41) is 33.5. The lowest BCUT2D eigenvalue weighted by Gasteiger charge is -2.46. The molecule has 5 aliphatic heterocycles. The van der Waals surface area contributed by atoms with Crippen molar-refractivity contribution in [2.45, 2.75) is 165 Å². The molecule has 18 atom stereocenters. The standard InChI is InChI=1S/C37H58O16/c1-17-10-13-26(39)48-20(4)23(16-46-33-31(45-9)30(44-8)27(40)21(5)49-33)29-24(51-29)11-12-25(38)36(7,43)14-18(2)28(17)52-34-32(41)37(15-19(3)47-34)22(6)50-35(42)53-37/h10,13,17-24,27-34,40-41,43H,11-12,14-16H2,1-9H3/t17-,18-,19+,20+,21+,22-,23?,24-,27+,28?,29-,30+,31+,32-,33+,34-,36-,37-/m0/s1. The van der Waals surface area contributed by atoms with Crippen molar-refractivity contribution in [2.24, 2.45) is 17.8 Å². The Balaban J connectivity index is 1.35. The number of ether oxygens (including phenoxy) is 10. The number of Topliss-reactive ketones (excluding diaryl/α,β-unsaturated/α-hetero) is 1. The highest BCUT2D eigenvalue weighted by Gasteiger charge is 2.61. The molecule has 0 saturated carbocycles. The average molecular weight is 759 g/mol. The monoisotopic (exact) mass is 758 g/mol. The van der Waals surface area contributed by atoms with Crippen LogP contribution in [0.4, 0.5) is 4.79 Å². The van der Waals surface area contributed by atoms with Crippen molar-refractivity contribution < 1.29 is 77.1 Å². The van der Waals surface area contributed by atoms with Crippen LogP contribution in [0.25, 0.3) is 0 Å². The van der Waals surface area contributed by atoms with Crippen LogP contribution >= 0.6 is 0 Å². The van der Waals surface area contributed by atoms with Gasteiger partial charge in [-0.25, -0.2) is 9.59 Å². The molecule has 0 aromatic rings. The third kappa shape index (κ3) is 9.08. The smallest absolute Gasteiger partial charge is 0.459 e. The molecule has 2 unspecified atom stereocenters. The van der Waals surface area contributed by atoms with E-state index in [1.54, 1.807) is 47.6 Å². The molecule has 4 saturated heterocycles. The van der Waals surface area contributed by atoms with E-state index in [2.05, 4.69) is 0 Å². The van der Waals surface area contributed by atoms with E-state index in [0.29, 0.717) is 6.42 Å². The minimum Gasteiger partial charge on any atom is -0.459 e. The van der Waals surface area contributed by atoms with E-state index in [9.17, 15) is 29.7 Å². The summed E-state index contributed by atoms with van der Waals surface area (Å²) in [6, 6.07) is 0. The van der Waals surface area contributed by atoms with Gasteiger partial charge in [0.1, 0.15) is 42.2 Å². The molecule has 1 spiro atoms. The molecule has 5 aliphatic rings. The lowest BCUT2D eigenvalue weighted by atomic mass is 9.80. The summed E-state index contributed by atoms with van der Waals surface area (Å²) in [4.78, 5) is 38.9. The van der Waals surface area contributed by atoms with E-state index < -0.39 is 115 Å². The third-order valence-corrected chi connectivity index (χ3v) is 11.6. The zero-order valence-corrected chi connectivity index (χ0v) is 32.1. The fourth-order valence-corrected chi connectivity index (χ4v) is 8.36. The summed E-state index contributed by atoms with van der Waals surface area (Å²) in [5.74, 6) is -2.49. The van der Waals surface area contributed by atoms with Crippen molar-refractivity contribution in [1.82, 2.24) is 0 Å². The van der Waals surface area contributed by atoms with Gasteiger partial charge in [0.05, 0.1) is 37.1 Å². The Morgan fingerprint density at radius 1 is 0.868 bits per heavy atom.